The zero-order valence-electron chi connectivity index (χ0n) is 9.53. The first kappa shape index (κ1) is 12.3. The normalized spacial score (nSPS) is 9.56. The second kappa shape index (κ2) is 6.67. The van der Waals surface area contributed by atoms with Crippen LogP contribution >= 0.6 is 0 Å². The van der Waals surface area contributed by atoms with Crippen LogP contribution in [0.25, 0.3) is 0 Å². The molecule has 0 unspecified atom stereocenters. The number of hydrogen-bond acceptors (Lipinski definition) is 3. The minimum atomic E-state index is -0.308. The average molecular weight is 219 g/mol. The Kier molecular flexibility index (Phi) is 5.12. The largest absolute Gasteiger partial charge is 0.463 e. The van der Waals surface area contributed by atoms with Gasteiger partial charge in [-0.3, -0.25) is 0 Å². The standard InChI is InChI=1S/C13H17NO2/c1-3-16-13(15)11(2)9-10-14-12-7-5-4-6-8-12/h4-8,14H,2-3,9-10H2,1H3. The highest BCUT2D eigenvalue weighted by atomic mass is 16.5. The summed E-state index contributed by atoms with van der Waals surface area (Å²) in [7, 11) is 0. The Morgan fingerprint density at radius 2 is 2.06 bits per heavy atom. The summed E-state index contributed by atoms with van der Waals surface area (Å²) >= 11 is 0. The molecule has 0 heterocycles. The van der Waals surface area contributed by atoms with Crippen molar-refractivity contribution in [2.24, 2.45) is 0 Å². The van der Waals surface area contributed by atoms with E-state index in [1.54, 1.807) is 6.92 Å². The van der Waals surface area contributed by atoms with Gasteiger partial charge in [-0.25, -0.2) is 4.79 Å². The maximum atomic E-state index is 11.2. The lowest BCUT2D eigenvalue weighted by Crippen LogP contribution is -2.10. The van der Waals surface area contributed by atoms with E-state index in [0.717, 1.165) is 5.69 Å². The maximum absolute atomic E-state index is 11.2. The van der Waals surface area contributed by atoms with Gasteiger partial charge in [-0.1, -0.05) is 24.8 Å². The number of nitrogens with one attached hydrogen (secondary N) is 1. The van der Waals surface area contributed by atoms with Gasteiger partial charge in [0.25, 0.3) is 0 Å². The van der Waals surface area contributed by atoms with Crippen LogP contribution in [0.1, 0.15) is 13.3 Å². The van der Waals surface area contributed by atoms with E-state index in [-0.39, 0.29) is 5.97 Å². The van der Waals surface area contributed by atoms with Crippen molar-refractivity contribution in [1.82, 2.24) is 0 Å². The molecular formula is C13H17NO2. The molecule has 0 bridgehead atoms. The van der Waals surface area contributed by atoms with Crippen molar-refractivity contribution < 1.29 is 9.53 Å². The van der Waals surface area contributed by atoms with Crippen LogP contribution in [0.4, 0.5) is 5.69 Å². The highest BCUT2D eigenvalue weighted by Crippen LogP contribution is 2.07. The number of esters is 1. The van der Waals surface area contributed by atoms with E-state index < -0.39 is 0 Å². The van der Waals surface area contributed by atoms with Crippen LogP contribution in [-0.2, 0) is 9.53 Å². The van der Waals surface area contributed by atoms with E-state index in [1.807, 2.05) is 30.3 Å². The van der Waals surface area contributed by atoms with E-state index in [0.29, 0.717) is 25.1 Å². The van der Waals surface area contributed by atoms with E-state index in [1.165, 1.54) is 0 Å². The Labute approximate surface area is 96.1 Å². The summed E-state index contributed by atoms with van der Waals surface area (Å²) in [5.74, 6) is -0.308. The number of para-hydroxylation sites is 1. The van der Waals surface area contributed by atoms with Gasteiger partial charge in [0.2, 0.25) is 0 Å². The molecule has 0 aromatic heterocycles. The van der Waals surface area contributed by atoms with Crippen molar-refractivity contribution in [3.8, 4) is 0 Å². The average Bonchev–Trinajstić information content (AvgIpc) is 2.30. The molecule has 3 nitrogen and oxygen atoms in total. The van der Waals surface area contributed by atoms with Crippen molar-refractivity contribution in [2.45, 2.75) is 13.3 Å². The molecule has 1 N–H and O–H groups in total. The molecule has 0 atom stereocenters. The first-order chi connectivity index (χ1) is 7.74. The Morgan fingerprint density at radius 1 is 1.38 bits per heavy atom. The molecule has 0 saturated carbocycles. The fraction of sp³-hybridized carbons (Fsp3) is 0.308. The minimum absolute atomic E-state index is 0.308. The lowest BCUT2D eigenvalue weighted by Gasteiger charge is -2.07. The highest BCUT2D eigenvalue weighted by Gasteiger charge is 2.06. The molecule has 0 saturated heterocycles. The quantitative estimate of drug-likeness (QED) is 0.590. The second-order valence-corrected chi connectivity index (χ2v) is 3.37. The SMILES string of the molecule is C=C(CCNc1ccccc1)C(=O)OCC. The lowest BCUT2D eigenvalue weighted by atomic mass is 10.2. The minimum Gasteiger partial charge on any atom is -0.463 e. The molecule has 0 fully saturated rings. The summed E-state index contributed by atoms with van der Waals surface area (Å²) < 4.78 is 4.84. The number of anilines is 1. The van der Waals surface area contributed by atoms with Gasteiger partial charge in [-0.15, -0.1) is 0 Å². The molecule has 0 aliphatic heterocycles. The smallest absolute Gasteiger partial charge is 0.333 e. The van der Waals surface area contributed by atoms with Crippen LogP contribution in [0.5, 0.6) is 0 Å². The van der Waals surface area contributed by atoms with Gasteiger partial charge >= 0.3 is 5.97 Å². The predicted octanol–water partition coefficient (Wildman–Crippen LogP) is 2.61. The van der Waals surface area contributed by atoms with Crippen LogP contribution < -0.4 is 5.32 Å². The molecule has 0 amide bonds. The summed E-state index contributed by atoms with van der Waals surface area (Å²) in [4.78, 5) is 11.2. The van der Waals surface area contributed by atoms with Crippen molar-refractivity contribution in [3.05, 3.63) is 42.5 Å². The van der Waals surface area contributed by atoms with Gasteiger partial charge in [0.05, 0.1) is 6.61 Å². The summed E-state index contributed by atoms with van der Waals surface area (Å²) in [6.45, 7) is 6.55. The Bertz CT molecular complexity index is 346. The molecule has 1 rings (SSSR count). The fourth-order valence-corrected chi connectivity index (χ4v) is 1.25. The van der Waals surface area contributed by atoms with E-state index >= 15 is 0 Å². The van der Waals surface area contributed by atoms with Crippen molar-refractivity contribution >= 4 is 11.7 Å². The van der Waals surface area contributed by atoms with Crippen molar-refractivity contribution in [1.29, 1.82) is 0 Å². The number of benzene rings is 1. The molecular weight excluding hydrogens is 202 g/mol. The van der Waals surface area contributed by atoms with Crippen LogP contribution in [0.3, 0.4) is 0 Å². The van der Waals surface area contributed by atoms with Gasteiger partial charge in [0.1, 0.15) is 0 Å². The van der Waals surface area contributed by atoms with Crippen LogP contribution in [-0.4, -0.2) is 19.1 Å². The van der Waals surface area contributed by atoms with Crippen LogP contribution in [0.15, 0.2) is 42.5 Å². The summed E-state index contributed by atoms with van der Waals surface area (Å²) in [5.41, 5.74) is 1.55. The van der Waals surface area contributed by atoms with Crippen LogP contribution in [0.2, 0.25) is 0 Å². The summed E-state index contributed by atoms with van der Waals surface area (Å²) in [6, 6.07) is 9.84. The lowest BCUT2D eigenvalue weighted by molar-refractivity contribution is -0.138. The number of hydrogen-bond donors (Lipinski definition) is 1. The molecule has 16 heavy (non-hydrogen) atoms. The summed E-state index contributed by atoms with van der Waals surface area (Å²) in [5, 5.41) is 3.20. The first-order valence-electron chi connectivity index (χ1n) is 5.38. The van der Waals surface area contributed by atoms with Gasteiger partial charge in [-0.05, 0) is 25.5 Å². The Morgan fingerprint density at radius 3 is 2.69 bits per heavy atom. The number of ether oxygens (including phenoxy) is 1. The monoisotopic (exact) mass is 219 g/mol. The second-order valence-electron chi connectivity index (χ2n) is 3.37. The molecule has 1 aromatic carbocycles. The zero-order valence-corrected chi connectivity index (χ0v) is 9.53. The third-order valence-corrected chi connectivity index (χ3v) is 2.09. The third-order valence-electron chi connectivity index (χ3n) is 2.09. The van der Waals surface area contributed by atoms with Crippen LogP contribution in [0, 0.1) is 0 Å². The Balaban J connectivity index is 2.26. The van der Waals surface area contributed by atoms with Gasteiger partial charge in [0.15, 0.2) is 0 Å². The van der Waals surface area contributed by atoms with Gasteiger partial charge < -0.3 is 10.1 Å². The highest BCUT2D eigenvalue weighted by molar-refractivity contribution is 5.87. The van der Waals surface area contributed by atoms with E-state index in [9.17, 15) is 4.79 Å². The first-order valence-corrected chi connectivity index (χ1v) is 5.38. The van der Waals surface area contributed by atoms with Gasteiger partial charge in [-0.2, -0.15) is 0 Å². The number of rotatable bonds is 6. The van der Waals surface area contributed by atoms with E-state index in [4.69, 9.17) is 4.74 Å². The van der Waals surface area contributed by atoms with E-state index in [2.05, 4.69) is 11.9 Å². The summed E-state index contributed by atoms with van der Waals surface area (Å²) in [6.07, 6.45) is 0.591. The third kappa shape index (κ3) is 4.17. The number of carbonyl (C=O) groups excluding carboxylic acids is 1. The van der Waals surface area contributed by atoms with Crippen molar-refractivity contribution in [2.75, 3.05) is 18.5 Å². The molecule has 0 radical (unpaired) electrons. The molecule has 3 heteroatoms. The maximum Gasteiger partial charge on any atom is 0.333 e. The Hall–Kier alpha value is -1.77. The zero-order chi connectivity index (χ0) is 11.8. The van der Waals surface area contributed by atoms with Gasteiger partial charge in [0, 0.05) is 17.8 Å². The molecule has 0 aliphatic rings. The number of carbonyl (C=O) groups is 1. The predicted molar refractivity (Wildman–Crippen MR) is 65.3 cm³/mol. The molecule has 86 valence electrons. The topological polar surface area (TPSA) is 38.3 Å². The fourth-order valence-electron chi connectivity index (χ4n) is 1.25. The molecule has 0 spiro atoms. The molecule has 0 aliphatic carbocycles. The van der Waals surface area contributed by atoms with Crippen molar-refractivity contribution in [3.63, 3.8) is 0 Å². The molecule has 1 aromatic rings.